The van der Waals surface area contributed by atoms with Crippen LogP contribution in [0.25, 0.3) is 0 Å². The van der Waals surface area contributed by atoms with Gasteiger partial charge in [-0.3, -0.25) is 19.3 Å². The summed E-state index contributed by atoms with van der Waals surface area (Å²) in [6.07, 6.45) is 1.94. The van der Waals surface area contributed by atoms with Crippen LogP contribution in [0.15, 0.2) is 53.4 Å². The van der Waals surface area contributed by atoms with Gasteiger partial charge in [0.05, 0.1) is 17.0 Å². The topological polar surface area (TPSA) is 66.5 Å². The molecule has 0 aromatic heterocycles. The molecule has 1 heterocycles. The number of benzene rings is 2. The van der Waals surface area contributed by atoms with E-state index in [-0.39, 0.29) is 29.5 Å². The summed E-state index contributed by atoms with van der Waals surface area (Å²) in [4.78, 5) is 38.6. The van der Waals surface area contributed by atoms with Crippen LogP contribution in [-0.4, -0.2) is 28.5 Å². The molecule has 3 amide bonds. The van der Waals surface area contributed by atoms with Crippen molar-refractivity contribution in [2.75, 3.05) is 11.2 Å². The molecule has 6 heteroatoms. The number of thioether (sulfide) groups is 1. The van der Waals surface area contributed by atoms with E-state index < -0.39 is 0 Å². The molecule has 1 saturated carbocycles. The molecular formula is C19H16N2O3S. The van der Waals surface area contributed by atoms with Crippen molar-refractivity contribution in [2.24, 2.45) is 5.92 Å². The zero-order valence-electron chi connectivity index (χ0n) is 13.4. The summed E-state index contributed by atoms with van der Waals surface area (Å²) in [5.41, 5.74) is 1.69. The van der Waals surface area contributed by atoms with Gasteiger partial charge in [-0.2, -0.15) is 0 Å². The fourth-order valence-corrected chi connectivity index (χ4v) is 3.56. The maximum Gasteiger partial charge on any atom is 0.262 e. The first-order valence-corrected chi connectivity index (χ1v) is 9.11. The van der Waals surface area contributed by atoms with Crippen molar-refractivity contribution in [1.82, 2.24) is 4.90 Å². The lowest BCUT2D eigenvalue weighted by molar-refractivity contribution is -0.117. The van der Waals surface area contributed by atoms with E-state index in [0.29, 0.717) is 11.1 Å². The minimum Gasteiger partial charge on any atom is -0.326 e. The molecule has 25 heavy (non-hydrogen) atoms. The fraction of sp³-hybridized carbons (Fsp3) is 0.211. The van der Waals surface area contributed by atoms with Crippen LogP contribution in [0.2, 0.25) is 0 Å². The molecule has 0 bridgehead atoms. The summed E-state index contributed by atoms with van der Waals surface area (Å²) in [7, 11) is 0. The van der Waals surface area contributed by atoms with Gasteiger partial charge in [-0.25, -0.2) is 0 Å². The van der Waals surface area contributed by atoms with Crippen molar-refractivity contribution in [2.45, 2.75) is 17.7 Å². The number of nitrogens with one attached hydrogen (secondary N) is 1. The van der Waals surface area contributed by atoms with E-state index in [1.165, 1.54) is 16.7 Å². The van der Waals surface area contributed by atoms with Crippen LogP contribution in [0.4, 0.5) is 5.69 Å². The van der Waals surface area contributed by atoms with Gasteiger partial charge in [-0.15, -0.1) is 11.8 Å². The molecule has 2 aliphatic rings. The Bertz CT molecular complexity index is 824. The van der Waals surface area contributed by atoms with E-state index in [2.05, 4.69) is 5.32 Å². The first kappa shape index (κ1) is 15.9. The molecule has 5 nitrogen and oxygen atoms in total. The van der Waals surface area contributed by atoms with E-state index in [1.54, 1.807) is 24.3 Å². The number of amides is 3. The van der Waals surface area contributed by atoms with Gasteiger partial charge in [0.25, 0.3) is 11.8 Å². The third-order valence-electron chi connectivity index (χ3n) is 4.31. The number of hydrogen-bond acceptors (Lipinski definition) is 4. The van der Waals surface area contributed by atoms with Gasteiger partial charge in [0.15, 0.2) is 0 Å². The summed E-state index contributed by atoms with van der Waals surface area (Å²) in [5.74, 6) is 0.0114. The lowest BCUT2D eigenvalue weighted by Crippen LogP contribution is -2.29. The van der Waals surface area contributed by atoms with Gasteiger partial charge in [0.1, 0.15) is 0 Å². The van der Waals surface area contributed by atoms with E-state index in [0.717, 1.165) is 23.4 Å². The maximum absolute atomic E-state index is 12.3. The minimum absolute atomic E-state index is 0.0754. The average molecular weight is 352 g/mol. The molecule has 4 rings (SSSR count). The zero-order chi connectivity index (χ0) is 17.4. The van der Waals surface area contributed by atoms with E-state index in [9.17, 15) is 14.4 Å². The number of imide groups is 1. The maximum atomic E-state index is 12.3. The highest BCUT2D eigenvalue weighted by Gasteiger charge is 2.34. The average Bonchev–Trinajstić information content (AvgIpc) is 3.45. The van der Waals surface area contributed by atoms with E-state index in [1.807, 2.05) is 24.3 Å². The van der Waals surface area contributed by atoms with Crippen molar-refractivity contribution in [3.05, 3.63) is 59.7 Å². The SMILES string of the molecule is O=C(Nc1ccc(SCN2C(=O)c3ccccc3C2=O)cc1)C1CC1. The Morgan fingerprint density at radius 1 is 1.00 bits per heavy atom. The Morgan fingerprint density at radius 3 is 2.16 bits per heavy atom. The second-order valence-electron chi connectivity index (χ2n) is 6.15. The second kappa shape index (κ2) is 6.37. The van der Waals surface area contributed by atoms with Crippen LogP contribution >= 0.6 is 11.8 Å². The predicted molar refractivity (Wildman–Crippen MR) is 95.5 cm³/mol. The second-order valence-corrected chi connectivity index (χ2v) is 7.16. The Balaban J connectivity index is 1.38. The highest BCUT2D eigenvalue weighted by molar-refractivity contribution is 7.99. The molecule has 1 N–H and O–H groups in total. The molecule has 0 atom stereocenters. The van der Waals surface area contributed by atoms with Gasteiger partial charge < -0.3 is 5.32 Å². The van der Waals surface area contributed by atoms with Crippen LogP contribution in [0.3, 0.4) is 0 Å². The molecule has 126 valence electrons. The van der Waals surface area contributed by atoms with Crippen molar-refractivity contribution >= 4 is 35.2 Å². The number of nitrogens with zero attached hydrogens (tertiary/aromatic N) is 1. The lowest BCUT2D eigenvalue weighted by atomic mass is 10.1. The molecule has 0 radical (unpaired) electrons. The van der Waals surface area contributed by atoms with Crippen LogP contribution in [0.1, 0.15) is 33.6 Å². The number of rotatable bonds is 5. The van der Waals surface area contributed by atoms with Gasteiger partial charge in [0.2, 0.25) is 5.91 Å². The predicted octanol–water partition coefficient (Wildman–Crippen LogP) is 3.38. The molecule has 2 aromatic carbocycles. The number of carbonyl (C=O) groups is 3. The third kappa shape index (κ3) is 3.17. The summed E-state index contributed by atoms with van der Waals surface area (Å²) in [6, 6.07) is 14.3. The number of hydrogen-bond donors (Lipinski definition) is 1. The van der Waals surface area contributed by atoms with Crippen LogP contribution < -0.4 is 5.32 Å². The van der Waals surface area contributed by atoms with Crippen molar-refractivity contribution < 1.29 is 14.4 Å². The highest BCUT2D eigenvalue weighted by Crippen LogP contribution is 2.31. The Labute approximate surface area is 149 Å². The van der Waals surface area contributed by atoms with Crippen molar-refractivity contribution in [1.29, 1.82) is 0 Å². The summed E-state index contributed by atoms with van der Waals surface area (Å²) in [6.45, 7) is 0. The van der Waals surface area contributed by atoms with Crippen LogP contribution in [-0.2, 0) is 4.79 Å². The zero-order valence-corrected chi connectivity index (χ0v) is 14.2. The Kier molecular flexibility index (Phi) is 4.05. The van der Waals surface area contributed by atoms with Gasteiger partial charge >= 0.3 is 0 Å². The molecule has 0 spiro atoms. The van der Waals surface area contributed by atoms with Crippen LogP contribution in [0.5, 0.6) is 0 Å². The number of carbonyl (C=O) groups excluding carboxylic acids is 3. The largest absolute Gasteiger partial charge is 0.326 e. The van der Waals surface area contributed by atoms with Gasteiger partial charge in [-0.1, -0.05) is 12.1 Å². The molecule has 1 aliphatic heterocycles. The molecule has 0 saturated heterocycles. The first-order chi connectivity index (χ1) is 12.1. The third-order valence-corrected chi connectivity index (χ3v) is 5.30. The van der Waals surface area contributed by atoms with Gasteiger partial charge in [0, 0.05) is 16.5 Å². The molecular weight excluding hydrogens is 336 g/mol. The first-order valence-electron chi connectivity index (χ1n) is 8.12. The Hall–Kier alpha value is -2.60. The summed E-state index contributed by atoms with van der Waals surface area (Å²) < 4.78 is 0. The lowest BCUT2D eigenvalue weighted by Gasteiger charge is -2.13. The normalized spacial score (nSPS) is 16.1. The summed E-state index contributed by atoms with van der Waals surface area (Å²) >= 11 is 1.41. The number of fused-ring (bicyclic) bond motifs is 1. The standard InChI is InChI=1S/C19H16N2O3S/c22-17(12-5-6-12)20-13-7-9-14(10-8-13)25-11-21-18(23)15-3-1-2-4-16(15)19(21)24/h1-4,7-10,12H,5-6,11H2,(H,20,22). The Morgan fingerprint density at radius 2 is 1.60 bits per heavy atom. The fourth-order valence-electron chi connectivity index (χ4n) is 2.72. The van der Waals surface area contributed by atoms with Crippen molar-refractivity contribution in [3.63, 3.8) is 0 Å². The monoisotopic (exact) mass is 352 g/mol. The van der Waals surface area contributed by atoms with Gasteiger partial charge in [-0.05, 0) is 49.2 Å². The van der Waals surface area contributed by atoms with E-state index >= 15 is 0 Å². The van der Waals surface area contributed by atoms with Crippen LogP contribution in [0, 0.1) is 5.92 Å². The molecule has 2 aromatic rings. The quantitative estimate of drug-likeness (QED) is 0.662. The van der Waals surface area contributed by atoms with E-state index in [4.69, 9.17) is 0 Å². The summed E-state index contributed by atoms with van der Waals surface area (Å²) in [5, 5.41) is 2.89. The molecule has 0 unspecified atom stereocenters. The van der Waals surface area contributed by atoms with Crippen molar-refractivity contribution in [3.8, 4) is 0 Å². The molecule has 1 aliphatic carbocycles. The highest BCUT2D eigenvalue weighted by atomic mass is 32.2. The molecule has 1 fully saturated rings. The minimum atomic E-state index is -0.249. The smallest absolute Gasteiger partial charge is 0.262 e. The number of anilines is 1.